The Morgan fingerprint density at radius 1 is 1.16 bits per heavy atom. The van der Waals surface area contributed by atoms with Gasteiger partial charge >= 0.3 is 0 Å². The smallest absolute Gasteiger partial charge is 0.237 e. The number of hydrogen-bond acceptors (Lipinski definition) is 5. The number of ether oxygens (including phenoxy) is 1. The SMILES string of the molecule is COc1ccc(CCN(CC(=O)N2CCN(C)CC2)S(C)(=O)=O)cc1. The minimum Gasteiger partial charge on any atom is -0.497 e. The third kappa shape index (κ3) is 5.98. The molecule has 25 heavy (non-hydrogen) atoms. The molecule has 1 saturated heterocycles. The molecule has 0 radical (unpaired) electrons. The molecule has 0 saturated carbocycles. The molecule has 1 amide bonds. The molecule has 1 fully saturated rings. The van der Waals surface area contributed by atoms with Crippen LogP contribution >= 0.6 is 0 Å². The Kier molecular flexibility index (Phi) is 6.80. The van der Waals surface area contributed by atoms with Crippen molar-refractivity contribution in [3.05, 3.63) is 29.8 Å². The highest BCUT2D eigenvalue weighted by Gasteiger charge is 2.25. The Hall–Kier alpha value is -1.64. The fourth-order valence-electron chi connectivity index (χ4n) is 2.71. The maximum Gasteiger partial charge on any atom is 0.237 e. The van der Waals surface area contributed by atoms with Crippen LogP contribution in [0.2, 0.25) is 0 Å². The van der Waals surface area contributed by atoms with Crippen LogP contribution < -0.4 is 4.74 Å². The molecule has 1 aromatic carbocycles. The lowest BCUT2D eigenvalue weighted by Gasteiger charge is -2.33. The van der Waals surface area contributed by atoms with Gasteiger partial charge in [-0.25, -0.2) is 8.42 Å². The van der Waals surface area contributed by atoms with Gasteiger partial charge in [0.1, 0.15) is 5.75 Å². The molecule has 0 unspecified atom stereocenters. The van der Waals surface area contributed by atoms with E-state index in [0.29, 0.717) is 19.5 Å². The Balaban J connectivity index is 1.95. The Morgan fingerprint density at radius 3 is 2.28 bits per heavy atom. The summed E-state index contributed by atoms with van der Waals surface area (Å²) in [7, 11) is 0.173. The topological polar surface area (TPSA) is 70.2 Å². The van der Waals surface area contributed by atoms with Crippen molar-refractivity contribution in [2.75, 3.05) is 59.7 Å². The van der Waals surface area contributed by atoms with E-state index in [1.54, 1.807) is 12.0 Å². The maximum absolute atomic E-state index is 12.4. The van der Waals surface area contributed by atoms with Crippen molar-refractivity contribution in [2.24, 2.45) is 0 Å². The normalized spacial score (nSPS) is 16.2. The van der Waals surface area contributed by atoms with Gasteiger partial charge < -0.3 is 14.5 Å². The van der Waals surface area contributed by atoms with Crippen LogP contribution in [0, 0.1) is 0 Å². The molecule has 0 aromatic heterocycles. The second-order valence-corrected chi connectivity index (χ2v) is 8.36. The summed E-state index contributed by atoms with van der Waals surface area (Å²) in [5.41, 5.74) is 1.00. The van der Waals surface area contributed by atoms with E-state index in [1.807, 2.05) is 31.3 Å². The van der Waals surface area contributed by atoms with Gasteiger partial charge in [-0.1, -0.05) is 12.1 Å². The van der Waals surface area contributed by atoms with Crippen LogP contribution in [0.25, 0.3) is 0 Å². The van der Waals surface area contributed by atoms with Crippen LogP contribution in [0.1, 0.15) is 5.56 Å². The molecule has 1 aliphatic heterocycles. The monoisotopic (exact) mass is 369 g/mol. The van der Waals surface area contributed by atoms with Gasteiger partial charge in [0.05, 0.1) is 19.9 Å². The summed E-state index contributed by atoms with van der Waals surface area (Å²) in [5.74, 6) is 0.627. The molecule has 0 spiro atoms. The van der Waals surface area contributed by atoms with Crippen molar-refractivity contribution in [1.82, 2.24) is 14.1 Å². The lowest BCUT2D eigenvalue weighted by Crippen LogP contribution is -2.50. The number of sulfonamides is 1. The van der Waals surface area contributed by atoms with Crippen LogP contribution in [-0.4, -0.2) is 88.1 Å². The zero-order chi connectivity index (χ0) is 18.4. The Labute approximate surface area is 150 Å². The molecule has 1 aliphatic rings. The number of rotatable bonds is 7. The number of likely N-dealkylation sites (N-methyl/N-ethyl adjacent to an activating group) is 1. The molecule has 0 N–H and O–H groups in total. The number of hydrogen-bond donors (Lipinski definition) is 0. The zero-order valence-corrected chi connectivity index (χ0v) is 16.0. The Bertz CT molecular complexity index is 668. The van der Waals surface area contributed by atoms with E-state index in [1.165, 1.54) is 4.31 Å². The summed E-state index contributed by atoms with van der Waals surface area (Å²) < 4.78 is 30.5. The molecule has 7 nitrogen and oxygen atoms in total. The van der Waals surface area contributed by atoms with Crippen molar-refractivity contribution in [2.45, 2.75) is 6.42 Å². The number of methoxy groups -OCH3 is 1. The van der Waals surface area contributed by atoms with Gasteiger partial charge in [-0.2, -0.15) is 4.31 Å². The van der Waals surface area contributed by atoms with Crippen LogP contribution in [-0.2, 0) is 21.2 Å². The molecule has 1 aromatic rings. The molecular formula is C17H27N3O4S. The standard InChI is InChI=1S/C17H27N3O4S/c1-18-10-12-19(13-11-18)17(21)14-20(25(3,22)23)9-8-15-4-6-16(24-2)7-5-15/h4-7H,8-14H2,1-3H3. The number of piperazine rings is 1. The lowest BCUT2D eigenvalue weighted by molar-refractivity contribution is -0.132. The van der Waals surface area contributed by atoms with Crippen LogP contribution in [0.15, 0.2) is 24.3 Å². The summed E-state index contributed by atoms with van der Waals surface area (Å²) in [6.07, 6.45) is 1.70. The largest absolute Gasteiger partial charge is 0.497 e. The molecule has 0 bridgehead atoms. The molecule has 1 heterocycles. The van der Waals surface area contributed by atoms with Gasteiger partial charge in [0.2, 0.25) is 15.9 Å². The minimum atomic E-state index is -3.44. The highest BCUT2D eigenvalue weighted by Crippen LogP contribution is 2.13. The summed E-state index contributed by atoms with van der Waals surface area (Å²) in [6, 6.07) is 7.49. The quantitative estimate of drug-likeness (QED) is 0.690. The first-order chi connectivity index (χ1) is 11.8. The van der Waals surface area contributed by atoms with Crippen molar-refractivity contribution < 1.29 is 17.9 Å². The van der Waals surface area contributed by atoms with E-state index in [9.17, 15) is 13.2 Å². The third-order valence-electron chi connectivity index (χ3n) is 4.45. The molecule has 2 rings (SSSR count). The lowest BCUT2D eigenvalue weighted by atomic mass is 10.1. The zero-order valence-electron chi connectivity index (χ0n) is 15.1. The summed E-state index contributed by atoms with van der Waals surface area (Å²) in [6.45, 7) is 3.10. The molecule has 8 heteroatoms. The van der Waals surface area contributed by atoms with E-state index in [2.05, 4.69) is 4.90 Å². The fraction of sp³-hybridized carbons (Fsp3) is 0.588. The number of amides is 1. The number of nitrogens with zero attached hydrogens (tertiary/aromatic N) is 3. The number of carbonyl (C=O) groups excluding carboxylic acids is 1. The van der Waals surface area contributed by atoms with Crippen molar-refractivity contribution in [1.29, 1.82) is 0 Å². The summed E-state index contributed by atoms with van der Waals surface area (Å²) >= 11 is 0. The minimum absolute atomic E-state index is 0.0985. The van der Waals surface area contributed by atoms with Gasteiger partial charge in [-0.05, 0) is 31.2 Å². The van der Waals surface area contributed by atoms with Gasteiger partial charge in [-0.15, -0.1) is 0 Å². The van der Waals surface area contributed by atoms with Crippen LogP contribution in [0.3, 0.4) is 0 Å². The van der Waals surface area contributed by atoms with Gasteiger partial charge in [0.25, 0.3) is 0 Å². The first-order valence-electron chi connectivity index (χ1n) is 8.34. The van der Waals surface area contributed by atoms with Gasteiger partial charge in [0, 0.05) is 32.7 Å². The first kappa shape index (κ1) is 19.7. The van der Waals surface area contributed by atoms with E-state index < -0.39 is 10.0 Å². The van der Waals surface area contributed by atoms with E-state index in [4.69, 9.17) is 4.74 Å². The van der Waals surface area contributed by atoms with Gasteiger partial charge in [0.15, 0.2) is 0 Å². The number of carbonyl (C=O) groups is 1. The molecule has 0 aliphatic carbocycles. The predicted molar refractivity (Wildman–Crippen MR) is 97.2 cm³/mol. The molecule has 140 valence electrons. The first-order valence-corrected chi connectivity index (χ1v) is 10.2. The average molecular weight is 369 g/mol. The van der Waals surface area contributed by atoms with Crippen molar-refractivity contribution in [3.8, 4) is 5.75 Å². The van der Waals surface area contributed by atoms with E-state index in [-0.39, 0.29) is 19.0 Å². The van der Waals surface area contributed by atoms with Crippen LogP contribution in [0.5, 0.6) is 5.75 Å². The van der Waals surface area contributed by atoms with Crippen molar-refractivity contribution >= 4 is 15.9 Å². The second-order valence-electron chi connectivity index (χ2n) is 6.38. The second kappa shape index (κ2) is 8.64. The van der Waals surface area contributed by atoms with Crippen LogP contribution in [0.4, 0.5) is 0 Å². The maximum atomic E-state index is 12.4. The van der Waals surface area contributed by atoms with E-state index >= 15 is 0 Å². The third-order valence-corrected chi connectivity index (χ3v) is 5.70. The molecular weight excluding hydrogens is 342 g/mol. The highest BCUT2D eigenvalue weighted by molar-refractivity contribution is 7.88. The molecule has 0 atom stereocenters. The summed E-state index contributed by atoms with van der Waals surface area (Å²) in [4.78, 5) is 16.3. The Morgan fingerprint density at radius 2 is 1.76 bits per heavy atom. The van der Waals surface area contributed by atoms with E-state index in [0.717, 1.165) is 30.7 Å². The fourth-order valence-corrected chi connectivity index (χ4v) is 3.48. The summed E-state index contributed by atoms with van der Waals surface area (Å²) in [5, 5.41) is 0. The van der Waals surface area contributed by atoms with Crippen molar-refractivity contribution in [3.63, 3.8) is 0 Å². The number of benzene rings is 1. The average Bonchev–Trinajstić information content (AvgIpc) is 2.58. The predicted octanol–water partition coefficient (Wildman–Crippen LogP) is 0.273. The van der Waals surface area contributed by atoms with Gasteiger partial charge in [-0.3, -0.25) is 4.79 Å². The highest BCUT2D eigenvalue weighted by atomic mass is 32.2.